The van der Waals surface area contributed by atoms with Crippen molar-refractivity contribution < 1.29 is 9.21 Å². The van der Waals surface area contributed by atoms with Crippen molar-refractivity contribution in [2.24, 2.45) is 0 Å². The first-order chi connectivity index (χ1) is 9.15. The highest BCUT2D eigenvalue weighted by Crippen LogP contribution is 2.30. The summed E-state index contributed by atoms with van der Waals surface area (Å²) < 4.78 is 5.49. The minimum atomic E-state index is 0.144. The van der Waals surface area contributed by atoms with E-state index < -0.39 is 0 Å². The van der Waals surface area contributed by atoms with Crippen molar-refractivity contribution in [2.75, 3.05) is 13.1 Å². The Morgan fingerprint density at radius 3 is 2.74 bits per heavy atom. The average Bonchev–Trinajstić information content (AvgIpc) is 2.97. The highest BCUT2D eigenvalue weighted by atomic mass is 16.3. The number of carbonyl (C=O) groups excluding carboxylic acids is 1. The first kappa shape index (κ1) is 12.7. The monoisotopic (exact) mass is 262 g/mol. The number of amides is 1. The van der Waals surface area contributed by atoms with Crippen LogP contribution in [0.15, 0.2) is 10.5 Å². The van der Waals surface area contributed by atoms with Crippen molar-refractivity contribution in [2.45, 2.75) is 51.6 Å². The van der Waals surface area contributed by atoms with E-state index in [4.69, 9.17) is 4.42 Å². The summed E-state index contributed by atoms with van der Waals surface area (Å²) in [7, 11) is 0. The number of hydrogen-bond donors (Lipinski definition) is 1. The number of hydrogen-bond acceptors (Lipinski definition) is 3. The molecule has 1 N–H and O–H groups in total. The van der Waals surface area contributed by atoms with Crippen LogP contribution < -0.4 is 5.32 Å². The minimum absolute atomic E-state index is 0.144. The Morgan fingerprint density at radius 2 is 2.21 bits per heavy atom. The Bertz CT molecular complexity index is 470. The molecule has 0 aromatic carbocycles. The molecular weight excluding hydrogens is 240 g/mol. The fourth-order valence-electron chi connectivity index (χ4n) is 2.93. The zero-order valence-electron chi connectivity index (χ0n) is 11.7. The van der Waals surface area contributed by atoms with E-state index in [0.29, 0.717) is 12.1 Å². The van der Waals surface area contributed by atoms with Gasteiger partial charge in [0.05, 0.1) is 5.56 Å². The maximum atomic E-state index is 12.7. The van der Waals surface area contributed by atoms with Crippen LogP contribution in [0.2, 0.25) is 0 Å². The van der Waals surface area contributed by atoms with Crippen LogP contribution in [-0.4, -0.2) is 36.0 Å². The van der Waals surface area contributed by atoms with E-state index in [1.165, 1.54) is 12.8 Å². The molecule has 4 heteroatoms. The van der Waals surface area contributed by atoms with E-state index in [0.717, 1.165) is 43.0 Å². The van der Waals surface area contributed by atoms with Gasteiger partial charge in [-0.2, -0.15) is 0 Å². The quantitative estimate of drug-likeness (QED) is 0.905. The molecule has 2 heterocycles. The third-order valence-electron chi connectivity index (χ3n) is 4.10. The van der Waals surface area contributed by atoms with E-state index >= 15 is 0 Å². The molecular formula is C15H22N2O2. The topological polar surface area (TPSA) is 45.5 Å². The third-order valence-corrected chi connectivity index (χ3v) is 4.10. The lowest BCUT2D eigenvalue weighted by atomic mass is 10.1. The maximum absolute atomic E-state index is 12.7. The van der Waals surface area contributed by atoms with Gasteiger partial charge in [-0.1, -0.05) is 0 Å². The number of rotatable bonds is 4. The molecule has 3 rings (SSSR count). The largest absolute Gasteiger partial charge is 0.466 e. The van der Waals surface area contributed by atoms with E-state index in [-0.39, 0.29) is 5.91 Å². The molecule has 2 fully saturated rings. The summed E-state index contributed by atoms with van der Waals surface area (Å²) in [5.41, 5.74) is 0.738. The van der Waals surface area contributed by atoms with Crippen molar-refractivity contribution in [3.8, 4) is 0 Å². The van der Waals surface area contributed by atoms with Crippen molar-refractivity contribution in [1.82, 2.24) is 10.2 Å². The summed E-state index contributed by atoms with van der Waals surface area (Å²) in [4.78, 5) is 14.7. The number of nitrogens with one attached hydrogen (secondary N) is 1. The standard InChI is InChI=1S/C15H22N2O2/c1-10-8-14(11(2)19-10)15(18)17(13-5-6-13)9-12-4-3-7-16-12/h8,12-13,16H,3-7,9H2,1-2H3. The molecule has 1 amide bonds. The van der Waals surface area contributed by atoms with Crippen molar-refractivity contribution >= 4 is 5.91 Å². The van der Waals surface area contributed by atoms with Crippen LogP contribution in [0.5, 0.6) is 0 Å². The molecule has 19 heavy (non-hydrogen) atoms. The van der Waals surface area contributed by atoms with Gasteiger partial charge in [0.25, 0.3) is 5.91 Å². The van der Waals surface area contributed by atoms with E-state index in [1.807, 2.05) is 19.9 Å². The van der Waals surface area contributed by atoms with Crippen LogP contribution in [0.3, 0.4) is 0 Å². The van der Waals surface area contributed by atoms with E-state index in [9.17, 15) is 4.79 Å². The molecule has 1 aromatic heterocycles. The van der Waals surface area contributed by atoms with Gasteiger partial charge in [-0.05, 0) is 52.1 Å². The highest BCUT2D eigenvalue weighted by Gasteiger charge is 2.36. The predicted octanol–water partition coefficient (Wildman–Crippen LogP) is 2.25. The summed E-state index contributed by atoms with van der Waals surface area (Å²) in [6.45, 7) is 5.69. The normalized spacial score (nSPS) is 22.7. The Kier molecular flexibility index (Phi) is 3.35. The van der Waals surface area contributed by atoms with Gasteiger partial charge in [-0.25, -0.2) is 0 Å². The molecule has 2 aliphatic rings. The van der Waals surface area contributed by atoms with Gasteiger partial charge in [0.2, 0.25) is 0 Å². The molecule has 1 saturated heterocycles. The van der Waals surface area contributed by atoms with Gasteiger partial charge >= 0.3 is 0 Å². The molecule has 1 unspecified atom stereocenters. The Balaban J connectivity index is 1.75. The molecule has 1 saturated carbocycles. The van der Waals surface area contributed by atoms with Crippen molar-refractivity contribution in [1.29, 1.82) is 0 Å². The third kappa shape index (κ3) is 2.68. The van der Waals surface area contributed by atoms with Gasteiger partial charge in [0.1, 0.15) is 11.5 Å². The molecule has 0 bridgehead atoms. The summed E-state index contributed by atoms with van der Waals surface area (Å²) in [6.07, 6.45) is 4.70. The number of nitrogens with zero attached hydrogens (tertiary/aromatic N) is 1. The fraction of sp³-hybridized carbons (Fsp3) is 0.667. The molecule has 4 nitrogen and oxygen atoms in total. The van der Waals surface area contributed by atoms with Gasteiger partial charge < -0.3 is 14.6 Å². The van der Waals surface area contributed by atoms with Crippen LogP contribution >= 0.6 is 0 Å². The molecule has 1 aromatic rings. The predicted molar refractivity (Wildman–Crippen MR) is 73.3 cm³/mol. The van der Waals surface area contributed by atoms with E-state index in [2.05, 4.69) is 10.2 Å². The highest BCUT2D eigenvalue weighted by molar-refractivity contribution is 5.95. The molecule has 1 aliphatic heterocycles. The first-order valence-electron chi connectivity index (χ1n) is 7.26. The molecule has 1 atom stereocenters. The Labute approximate surface area is 114 Å². The second-order valence-electron chi connectivity index (χ2n) is 5.81. The van der Waals surface area contributed by atoms with Gasteiger partial charge in [0.15, 0.2) is 0 Å². The Morgan fingerprint density at radius 1 is 1.42 bits per heavy atom. The van der Waals surface area contributed by atoms with Crippen molar-refractivity contribution in [3.05, 3.63) is 23.2 Å². The number of carbonyl (C=O) groups is 1. The fourth-order valence-corrected chi connectivity index (χ4v) is 2.93. The average molecular weight is 262 g/mol. The molecule has 104 valence electrons. The first-order valence-corrected chi connectivity index (χ1v) is 7.26. The maximum Gasteiger partial charge on any atom is 0.257 e. The molecule has 1 aliphatic carbocycles. The zero-order valence-corrected chi connectivity index (χ0v) is 11.7. The van der Waals surface area contributed by atoms with Gasteiger partial charge in [0, 0.05) is 18.6 Å². The lowest BCUT2D eigenvalue weighted by molar-refractivity contribution is 0.0727. The smallest absolute Gasteiger partial charge is 0.257 e. The molecule has 0 radical (unpaired) electrons. The van der Waals surface area contributed by atoms with Crippen LogP contribution in [0.4, 0.5) is 0 Å². The lowest BCUT2D eigenvalue weighted by Gasteiger charge is -2.25. The lowest BCUT2D eigenvalue weighted by Crippen LogP contribution is -2.42. The summed E-state index contributed by atoms with van der Waals surface area (Å²) in [6, 6.07) is 2.79. The Hall–Kier alpha value is -1.29. The SMILES string of the molecule is Cc1cc(C(=O)N(CC2CCCN2)C2CC2)c(C)o1. The molecule has 0 spiro atoms. The van der Waals surface area contributed by atoms with Crippen LogP contribution in [0, 0.1) is 13.8 Å². The van der Waals surface area contributed by atoms with Gasteiger partial charge in [-0.15, -0.1) is 0 Å². The summed E-state index contributed by atoms with van der Waals surface area (Å²) in [5, 5.41) is 3.48. The second-order valence-corrected chi connectivity index (χ2v) is 5.81. The van der Waals surface area contributed by atoms with Crippen LogP contribution in [0.1, 0.15) is 47.6 Å². The number of furan rings is 1. The van der Waals surface area contributed by atoms with Crippen molar-refractivity contribution in [3.63, 3.8) is 0 Å². The summed E-state index contributed by atoms with van der Waals surface area (Å²) >= 11 is 0. The van der Waals surface area contributed by atoms with Crippen LogP contribution in [0.25, 0.3) is 0 Å². The number of aryl methyl sites for hydroxylation is 2. The minimum Gasteiger partial charge on any atom is -0.466 e. The summed E-state index contributed by atoms with van der Waals surface area (Å²) in [5.74, 6) is 1.70. The van der Waals surface area contributed by atoms with Crippen LogP contribution in [-0.2, 0) is 0 Å². The zero-order chi connectivity index (χ0) is 13.4. The van der Waals surface area contributed by atoms with Gasteiger partial charge in [-0.3, -0.25) is 4.79 Å². The van der Waals surface area contributed by atoms with E-state index in [1.54, 1.807) is 0 Å². The second kappa shape index (κ2) is 5.00.